The molecule has 0 aliphatic carbocycles. The number of morpholine rings is 1. The first-order valence-corrected chi connectivity index (χ1v) is 6.63. The molecule has 3 atom stereocenters. The Bertz CT molecular complexity index is 338. The molecule has 2 nitrogen and oxygen atoms in total. The summed E-state index contributed by atoms with van der Waals surface area (Å²) in [7, 11) is 0. The summed E-state index contributed by atoms with van der Waals surface area (Å²) < 4.78 is 7.05. The van der Waals surface area contributed by atoms with E-state index in [9.17, 15) is 0 Å². The maximum absolute atomic E-state index is 5.94. The van der Waals surface area contributed by atoms with Gasteiger partial charge >= 0.3 is 0 Å². The Morgan fingerprint density at radius 1 is 1.38 bits per heavy atom. The second kappa shape index (κ2) is 5.30. The number of rotatable bonds is 2. The van der Waals surface area contributed by atoms with E-state index in [1.165, 1.54) is 5.56 Å². The van der Waals surface area contributed by atoms with Gasteiger partial charge in [-0.3, -0.25) is 0 Å². The molecule has 0 radical (unpaired) electrons. The molecule has 1 aromatic rings. The molecular weight excluding hydrogens is 266 g/mol. The lowest BCUT2D eigenvalue weighted by Crippen LogP contribution is -2.48. The van der Waals surface area contributed by atoms with Gasteiger partial charge in [-0.15, -0.1) is 0 Å². The Balaban J connectivity index is 2.08. The summed E-state index contributed by atoms with van der Waals surface area (Å²) in [6, 6.07) is 9.26. The highest BCUT2D eigenvalue weighted by molar-refractivity contribution is 9.10. The molecule has 3 heteroatoms. The zero-order chi connectivity index (χ0) is 11.5. The summed E-state index contributed by atoms with van der Waals surface area (Å²) in [5.74, 6) is 0. The number of hydrogen-bond donors (Lipinski definition) is 1. The van der Waals surface area contributed by atoms with E-state index in [1.807, 2.05) is 0 Å². The standard InChI is InChI=1S/C13H18BrNO/c1-3-12-8-16-13(9(2)15-12)10-4-6-11(14)7-5-10/h4-7,9,12-13,15H,3,8H2,1-2H3. The highest BCUT2D eigenvalue weighted by Gasteiger charge is 2.27. The predicted octanol–water partition coefficient (Wildman–Crippen LogP) is 3.28. The van der Waals surface area contributed by atoms with Crippen molar-refractivity contribution in [3.8, 4) is 0 Å². The van der Waals surface area contributed by atoms with Crippen LogP contribution in [0.3, 0.4) is 0 Å². The SMILES string of the molecule is CCC1COC(c2ccc(Br)cc2)C(C)N1. The van der Waals surface area contributed by atoms with E-state index in [4.69, 9.17) is 4.74 Å². The number of ether oxygens (including phenoxy) is 1. The number of benzene rings is 1. The first kappa shape index (κ1) is 12.1. The molecule has 1 aromatic carbocycles. The van der Waals surface area contributed by atoms with Gasteiger partial charge in [0.1, 0.15) is 0 Å². The highest BCUT2D eigenvalue weighted by atomic mass is 79.9. The molecule has 1 N–H and O–H groups in total. The topological polar surface area (TPSA) is 21.3 Å². The monoisotopic (exact) mass is 283 g/mol. The molecule has 1 aliphatic rings. The van der Waals surface area contributed by atoms with Crippen molar-refractivity contribution in [2.24, 2.45) is 0 Å². The first-order chi connectivity index (χ1) is 7.70. The summed E-state index contributed by atoms with van der Waals surface area (Å²) in [5, 5.41) is 3.59. The lowest BCUT2D eigenvalue weighted by atomic mass is 10.00. The fourth-order valence-electron chi connectivity index (χ4n) is 2.14. The van der Waals surface area contributed by atoms with Gasteiger partial charge in [0.25, 0.3) is 0 Å². The summed E-state index contributed by atoms with van der Waals surface area (Å²) in [4.78, 5) is 0. The van der Waals surface area contributed by atoms with Crippen LogP contribution in [0.2, 0.25) is 0 Å². The van der Waals surface area contributed by atoms with Crippen LogP contribution < -0.4 is 5.32 Å². The molecule has 1 fully saturated rings. The van der Waals surface area contributed by atoms with Crippen LogP contribution in [0, 0.1) is 0 Å². The second-order valence-corrected chi connectivity index (χ2v) is 5.28. The smallest absolute Gasteiger partial charge is 0.0975 e. The Labute approximate surface area is 106 Å². The Kier molecular flexibility index (Phi) is 4.00. The molecule has 0 amide bonds. The van der Waals surface area contributed by atoms with E-state index >= 15 is 0 Å². The van der Waals surface area contributed by atoms with Gasteiger partial charge < -0.3 is 10.1 Å². The molecule has 1 saturated heterocycles. The van der Waals surface area contributed by atoms with E-state index in [1.54, 1.807) is 0 Å². The van der Waals surface area contributed by atoms with Gasteiger partial charge in [0.2, 0.25) is 0 Å². The largest absolute Gasteiger partial charge is 0.370 e. The van der Waals surface area contributed by atoms with Crippen molar-refractivity contribution in [2.75, 3.05) is 6.61 Å². The molecule has 16 heavy (non-hydrogen) atoms. The summed E-state index contributed by atoms with van der Waals surface area (Å²) >= 11 is 3.45. The van der Waals surface area contributed by atoms with Crippen LogP contribution in [-0.4, -0.2) is 18.7 Å². The fraction of sp³-hybridized carbons (Fsp3) is 0.538. The molecule has 0 saturated carbocycles. The minimum absolute atomic E-state index is 0.177. The van der Waals surface area contributed by atoms with Crippen molar-refractivity contribution in [2.45, 2.75) is 38.5 Å². The average molecular weight is 284 g/mol. The van der Waals surface area contributed by atoms with Gasteiger partial charge in [-0.05, 0) is 31.0 Å². The normalized spacial score (nSPS) is 30.3. The maximum Gasteiger partial charge on any atom is 0.0975 e. The van der Waals surface area contributed by atoms with Gasteiger partial charge in [0.15, 0.2) is 0 Å². The average Bonchev–Trinajstić information content (AvgIpc) is 2.30. The predicted molar refractivity (Wildman–Crippen MR) is 69.5 cm³/mol. The Hall–Kier alpha value is -0.380. The van der Waals surface area contributed by atoms with E-state index in [2.05, 4.69) is 59.4 Å². The zero-order valence-electron chi connectivity index (χ0n) is 9.74. The van der Waals surface area contributed by atoms with E-state index in [0.29, 0.717) is 12.1 Å². The molecule has 0 aromatic heterocycles. The number of hydrogen-bond acceptors (Lipinski definition) is 2. The van der Waals surface area contributed by atoms with Gasteiger partial charge in [0.05, 0.1) is 12.7 Å². The third kappa shape index (κ3) is 2.65. The molecule has 0 spiro atoms. The van der Waals surface area contributed by atoms with Crippen molar-refractivity contribution in [1.82, 2.24) is 5.32 Å². The van der Waals surface area contributed by atoms with Crippen LogP contribution in [-0.2, 0) is 4.74 Å². The molecule has 0 bridgehead atoms. The summed E-state index contributed by atoms with van der Waals surface area (Å²) in [5.41, 5.74) is 1.25. The van der Waals surface area contributed by atoms with Crippen LogP contribution in [0.25, 0.3) is 0 Å². The Morgan fingerprint density at radius 2 is 2.06 bits per heavy atom. The van der Waals surface area contributed by atoms with E-state index in [0.717, 1.165) is 17.5 Å². The van der Waals surface area contributed by atoms with Gasteiger partial charge in [-0.1, -0.05) is 35.0 Å². The van der Waals surface area contributed by atoms with Crippen LogP contribution >= 0.6 is 15.9 Å². The van der Waals surface area contributed by atoms with Crippen molar-refractivity contribution in [3.63, 3.8) is 0 Å². The van der Waals surface area contributed by atoms with Gasteiger partial charge in [-0.2, -0.15) is 0 Å². The third-order valence-electron chi connectivity index (χ3n) is 3.12. The van der Waals surface area contributed by atoms with E-state index < -0.39 is 0 Å². The maximum atomic E-state index is 5.94. The third-order valence-corrected chi connectivity index (χ3v) is 3.65. The molecule has 2 rings (SSSR count). The molecule has 1 aliphatic heterocycles. The number of nitrogens with one attached hydrogen (secondary N) is 1. The zero-order valence-corrected chi connectivity index (χ0v) is 11.3. The lowest BCUT2D eigenvalue weighted by molar-refractivity contribution is -0.0252. The quantitative estimate of drug-likeness (QED) is 0.900. The second-order valence-electron chi connectivity index (χ2n) is 4.37. The van der Waals surface area contributed by atoms with Crippen molar-refractivity contribution >= 4 is 15.9 Å². The van der Waals surface area contributed by atoms with Crippen LogP contribution in [0.1, 0.15) is 31.9 Å². The minimum atomic E-state index is 0.177. The molecule has 3 unspecified atom stereocenters. The van der Waals surface area contributed by atoms with E-state index in [-0.39, 0.29) is 6.10 Å². The minimum Gasteiger partial charge on any atom is -0.370 e. The van der Waals surface area contributed by atoms with Crippen molar-refractivity contribution < 1.29 is 4.74 Å². The summed E-state index contributed by atoms with van der Waals surface area (Å²) in [6.45, 7) is 5.18. The Morgan fingerprint density at radius 3 is 2.62 bits per heavy atom. The molecular formula is C13H18BrNO. The van der Waals surface area contributed by atoms with Crippen molar-refractivity contribution in [1.29, 1.82) is 0 Å². The number of halogens is 1. The van der Waals surface area contributed by atoms with Gasteiger partial charge in [-0.25, -0.2) is 0 Å². The fourth-order valence-corrected chi connectivity index (χ4v) is 2.41. The van der Waals surface area contributed by atoms with Crippen LogP contribution in [0.15, 0.2) is 28.7 Å². The van der Waals surface area contributed by atoms with Gasteiger partial charge in [0, 0.05) is 16.6 Å². The molecule has 88 valence electrons. The summed E-state index contributed by atoms with van der Waals surface area (Å²) in [6.07, 6.45) is 1.30. The first-order valence-electron chi connectivity index (χ1n) is 5.84. The van der Waals surface area contributed by atoms with Crippen molar-refractivity contribution in [3.05, 3.63) is 34.3 Å². The lowest BCUT2D eigenvalue weighted by Gasteiger charge is -2.35. The van der Waals surface area contributed by atoms with Crippen LogP contribution in [0.5, 0.6) is 0 Å². The molecule has 1 heterocycles. The van der Waals surface area contributed by atoms with Crippen LogP contribution in [0.4, 0.5) is 0 Å². The highest BCUT2D eigenvalue weighted by Crippen LogP contribution is 2.26.